The zero-order chi connectivity index (χ0) is 15.5. The van der Waals surface area contributed by atoms with E-state index in [4.69, 9.17) is 4.74 Å². The van der Waals surface area contributed by atoms with E-state index in [2.05, 4.69) is 10.3 Å². The van der Waals surface area contributed by atoms with Crippen molar-refractivity contribution in [2.24, 2.45) is 0 Å². The number of amides is 1. The predicted molar refractivity (Wildman–Crippen MR) is 87.2 cm³/mol. The molecule has 1 unspecified atom stereocenters. The number of hydrogen-bond acceptors (Lipinski definition) is 2. The van der Waals surface area contributed by atoms with Gasteiger partial charge in [0, 0.05) is 17.0 Å². The zero-order valence-electron chi connectivity index (χ0n) is 12.6. The molecule has 0 bridgehead atoms. The van der Waals surface area contributed by atoms with Gasteiger partial charge < -0.3 is 15.0 Å². The third-order valence-electron chi connectivity index (χ3n) is 3.72. The van der Waals surface area contributed by atoms with E-state index in [1.807, 2.05) is 61.5 Å². The van der Waals surface area contributed by atoms with Crippen molar-refractivity contribution < 1.29 is 9.53 Å². The van der Waals surface area contributed by atoms with Crippen LogP contribution in [0.4, 0.5) is 0 Å². The van der Waals surface area contributed by atoms with Crippen LogP contribution < -0.4 is 10.1 Å². The second-order valence-corrected chi connectivity index (χ2v) is 5.24. The molecule has 2 aromatic carbocycles. The summed E-state index contributed by atoms with van der Waals surface area (Å²) in [7, 11) is 1.62. The Morgan fingerprint density at radius 3 is 2.64 bits per heavy atom. The lowest BCUT2D eigenvalue weighted by Gasteiger charge is -2.13. The Labute approximate surface area is 129 Å². The van der Waals surface area contributed by atoms with Gasteiger partial charge >= 0.3 is 0 Å². The minimum Gasteiger partial charge on any atom is -0.497 e. The average Bonchev–Trinajstić information content (AvgIpc) is 2.98. The molecule has 0 aliphatic heterocycles. The Balaban J connectivity index is 1.80. The highest BCUT2D eigenvalue weighted by atomic mass is 16.5. The second kappa shape index (κ2) is 5.93. The molecule has 22 heavy (non-hydrogen) atoms. The van der Waals surface area contributed by atoms with Gasteiger partial charge in [0.2, 0.25) is 0 Å². The van der Waals surface area contributed by atoms with Crippen LogP contribution in [-0.4, -0.2) is 18.0 Å². The Hall–Kier alpha value is -2.75. The molecule has 0 fully saturated rings. The normalized spacial score (nSPS) is 12.1. The number of benzene rings is 2. The van der Waals surface area contributed by atoms with Crippen LogP contribution in [0, 0.1) is 0 Å². The molecule has 0 aliphatic rings. The van der Waals surface area contributed by atoms with Crippen molar-refractivity contribution >= 4 is 16.8 Å². The Kier molecular flexibility index (Phi) is 3.83. The summed E-state index contributed by atoms with van der Waals surface area (Å²) < 4.78 is 5.19. The molecule has 1 heterocycles. The molecule has 0 spiro atoms. The van der Waals surface area contributed by atoms with Crippen molar-refractivity contribution in [1.82, 2.24) is 10.3 Å². The summed E-state index contributed by atoms with van der Waals surface area (Å²) in [5, 5.41) is 3.99. The minimum absolute atomic E-state index is 0.0466. The molecule has 0 saturated carbocycles. The highest BCUT2D eigenvalue weighted by Crippen LogP contribution is 2.21. The lowest BCUT2D eigenvalue weighted by Crippen LogP contribution is -2.26. The van der Waals surface area contributed by atoms with Crippen LogP contribution in [-0.2, 0) is 0 Å². The zero-order valence-corrected chi connectivity index (χ0v) is 12.6. The Bertz CT molecular complexity index is 793. The molecule has 2 N–H and O–H groups in total. The van der Waals surface area contributed by atoms with Crippen molar-refractivity contribution in [2.75, 3.05) is 7.11 Å². The van der Waals surface area contributed by atoms with Crippen molar-refractivity contribution in [3.8, 4) is 5.75 Å². The van der Waals surface area contributed by atoms with Crippen LogP contribution in [0.5, 0.6) is 5.75 Å². The van der Waals surface area contributed by atoms with E-state index in [1.54, 1.807) is 7.11 Å². The third-order valence-corrected chi connectivity index (χ3v) is 3.72. The van der Waals surface area contributed by atoms with Gasteiger partial charge in [-0.05, 0) is 30.7 Å². The highest BCUT2D eigenvalue weighted by molar-refractivity contribution is 5.98. The summed E-state index contributed by atoms with van der Waals surface area (Å²) in [5.74, 6) is 0.644. The molecular weight excluding hydrogens is 276 g/mol. The fourth-order valence-electron chi connectivity index (χ4n) is 2.45. The molecule has 1 amide bonds. The van der Waals surface area contributed by atoms with Gasteiger partial charge in [-0.2, -0.15) is 0 Å². The van der Waals surface area contributed by atoms with Crippen LogP contribution >= 0.6 is 0 Å². The highest BCUT2D eigenvalue weighted by Gasteiger charge is 2.13. The van der Waals surface area contributed by atoms with E-state index >= 15 is 0 Å². The molecule has 0 aliphatic carbocycles. The van der Waals surface area contributed by atoms with Gasteiger partial charge in [-0.25, -0.2) is 0 Å². The van der Waals surface area contributed by atoms with Crippen LogP contribution in [0.1, 0.15) is 29.0 Å². The van der Waals surface area contributed by atoms with E-state index in [0.717, 1.165) is 22.2 Å². The number of ether oxygens (including phenoxy) is 1. The number of aromatic amines is 1. The number of fused-ring (bicyclic) bond motifs is 1. The molecule has 3 rings (SSSR count). The lowest BCUT2D eigenvalue weighted by atomic mass is 10.1. The van der Waals surface area contributed by atoms with Crippen LogP contribution in [0.3, 0.4) is 0 Å². The van der Waals surface area contributed by atoms with Gasteiger partial charge in [-0.15, -0.1) is 0 Å². The largest absolute Gasteiger partial charge is 0.497 e. The van der Waals surface area contributed by atoms with E-state index in [1.165, 1.54) is 0 Å². The van der Waals surface area contributed by atoms with Crippen LogP contribution in [0.2, 0.25) is 0 Å². The maximum Gasteiger partial charge on any atom is 0.268 e. The summed E-state index contributed by atoms with van der Waals surface area (Å²) in [5.41, 5.74) is 2.51. The molecule has 4 heteroatoms. The first kappa shape index (κ1) is 14.2. The molecular formula is C18H18N2O2. The lowest BCUT2D eigenvalue weighted by molar-refractivity contribution is 0.0935. The van der Waals surface area contributed by atoms with Gasteiger partial charge in [0.15, 0.2) is 0 Å². The number of carbonyl (C=O) groups excluding carboxylic acids is 1. The van der Waals surface area contributed by atoms with E-state index < -0.39 is 0 Å². The summed E-state index contributed by atoms with van der Waals surface area (Å²) in [6, 6.07) is 17.4. The number of hydrogen-bond donors (Lipinski definition) is 2. The molecule has 3 aromatic rings. The summed E-state index contributed by atoms with van der Waals surface area (Å²) in [4.78, 5) is 15.5. The number of methoxy groups -OCH3 is 1. The van der Waals surface area contributed by atoms with Gasteiger partial charge in [-0.3, -0.25) is 4.79 Å². The van der Waals surface area contributed by atoms with Gasteiger partial charge in [0.05, 0.1) is 13.2 Å². The van der Waals surface area contributed by atoms with Gasteiger partial charge in [0.1, 0.15) is 11.4 Å². The fraction of sp³-hybridized carbons (Fsp3) is 0.167. The van der Waals surface area contributed by atoms with E-state index in [-0.39, 0.29) is 11.9 Å². The average molecular weight is 294 g/mol. The van der Waals surface area contributed by atoms with Crippen molar-refractivity contribution in [3.05, 3.63) is 65.9 Å². The molecule has 1 atom stereocenters. The monoisotopic (exact) mass is 294 g/mol. The number of carbonyl (C=O) groups is 1. The molecule has 4 nitrogen and oxygen atoms in total. The van der Waals surface area contributed by atoms with Crippen LogP contribution in [0.25, 0.3) is 10.9 Å². The maximum atomic E-state index is 12.4. The fourth-order valence-corrected chi connectivity index (χ4v) is 2.45. The second-order valence-electron chi connectivity index (χ2n) is 5.24. The number of aromatic nitrogens is 1. The molecule has 112 valence electrons. The summed E-state index contributed by atoms with van der Waals surface area (Å²) in [6.45, 7) is 1.97. The summed E-state index contributed by atoms with van der Waals surface area (Å²) in [6.07, 6.45) is 0. The molecule has 1 aromatic heterocycles. The van der Waals surface area contributed by atoms with Gasteiger partial charge in [-0.1, -0.05) is 30.3 Å². The number of H-pyrrole nitrogens is 1. The van der Waals surface area contributed by atoms with Crippen LogP contribution in [0.15, 0.2) is 54.6 Å². The molecule has 0 saturated heterocycles. The van der Waals surface area contributed by atoms with Crippen molar-refractivity contribution in [2.45, 2.75) is 13.0 Å². The maximum absolute atomic E-state index is 12.4. The Morgan fingerprint density at radius 1 is 1.14 bits per heavy atom. The first-order valence-corrected chi connectivity index (χ1v) is 7.20. The first-order chi connectivity index (χ1) is 10.7. The van der Waals surface area contributed by atoms with Crippen molar-refractivity contribution in [1.29, 1.82) is 0 Å². The van der Waals surface area contributed by atoms with E-state index in [9.17, 15) is 4.79 Å². The minimum atomic E-state index is -0.119. The van der Waals surface area contributed by atoms with E-state index in [0.29, 0.717) is 5.69 Å². The van der Waals surface area contributed by atoms with Crippen molar-refractivity contribution in [3.63, 3.8) is 0 Å². The SMILES string of the molecule is COc1ccc2cc(C(=O)NC(C)c3ccccc3)[nH]c2c1. The molecule has 0 radical (unpaired) electrons. The standard InChI is InChI=1S/C18H18N2O2/c1-12(13-6-4-3-5-7-13)19-18(21)17-10-14-8-9-15(22-2)11-16(14)20-17/h3-12,20H,1-2H3,(H,19,21). The predicted octanol–water partition coefficient (Wildman–Crippen LogP) is 3.67. The smallest absolute Gasteiger partial charge is 0.268 e. The topological polar surface area (TPSA) is 54.1 Å². The summed E-state index contributed by atoms with van der Waals surface area (Å²) >= 11 is 0. The first-order valence-electron chi connectivity index (χ1n) is 7.20. The third kappa shape index (κ3) is 2.81. The Morgan fingerprint density at radius 2 is 1.91 bits per heavy atom. The number of nitrogens with one attached hydrogen (secondary N) is 2. The number of rotatable bonds is 4. The van der Waals surface area contributed by atoms with Gasteiger partial charge in [0.25, 0.3) is 5.91 Å². The quantitative estimate of drug-likeness (QED) is 0.771.